The van der Waals surface area contributed by atoms with Crippen LogP contribution >= 0.6 is 0 Å². The molecule has 3 aromatic rings. The van der Waals surface area contributed by atoms with Gasteiger partial charge < -0.3 is 14.2 Å². The van der Waals surface area contributed by atoms with Crippen LogP contribution in [-0.4, -0.2) is 40.8 Å². The molecule has 31 heavy (non-hydrogen) atoms. The van der Waals surface area contributed by atoms with Crippen LogP contribution in [0, 0.1) is 0 Å². The minimum absolute atomic E-state index is 0.214. The van der Waals surface area contributed by atoms with E-state index in [1.807, 2.05) is 0 Å². The van der Waals surface area contributed by atoms with E-state index in [-0.39, 0.29) is 19.9 Å². The molecule has 0 amide bonds. The first-order chi connectivity index (χ1) is 15.0. The highest BCUT2D eigenvalue weighted by molar-refractivity contribution is 5.89. The van der Waals surface area contributed by atoms with Crippen LogP contribution in [0.5, 0.6) is 0 Å². The number of carbonyl (C=O) groups excluding carboxylic acids is 2. The van der Waals surface area contributed by atoms with Crippen molar-refractivity contribution >= 4 is 11.9 Å². The Hall–Kier alpha value is -3.98. The van der Waals surface area contributed by atoms with Gasteiger partial charge in [0.2, 0.25) is 0 Å². The van der Waals surface area contributed by atoms with E-state index < -0.39 is 29.3 Å². The quantitative estimate of drug-likeness (QED) is 0.519. The Bertz CT molecular complexity index is 1070. The fraction of sp³-hybridized carbons (Fsp3) is 0.182. The maximum Gasteiger partial charge on any atom is 0.338 e. The second kappa shape index (κ2) is 10.7. The van der Waals surface area contributed by atoms with Gasteiger partial charge in [0.25, 0.3) is 5.56 Å². The van der Waals surface area contributed by atoms with Gasteiger partial charge in [0.05, 0.1) is 11.1 Å². The highest BCUT2D eigenvalue weighted by atomic mass is 16.6. The Morgan fingerprint density at radius 2 is 1.32 bits per heavy atom. The molecular formula is C22H20N2O7. The lowest BCUT2D eigenvalue weighted by Crippen LogP contribution is -2.34. The summed E-state index contributed by atoms with van der Waals surface area (Å²) in [6.45, 7) is -0.673. The summed E-state index contributed by atoms with van der Waals surface area (Å²) in [5.74, 6) is -1.13. The second-order valence-corrected chi connectivity index (χ2v) is 6.43. The molecular weight excluding hydrogens is 404 g/mol. The van der Waals surface area contributed by atoms with E-state index in [9.17, 15) is 19.2 Å². The lowest BCUT2D eigenvalue weighted by molar-refractivity contribution is -0.0635. The van der Waals surface area contributed by atoms with E-state index in [4.69, 9.17) is 14.2 Å². The molecule has 0 atom stereocenters. The summed E-state index contributed by atoms with van der Waals surface area (Å²) in [5.41, 5.74) is -0.473. The van der Waals surface area contributed by atoms with E-state index in [1.54, 1.807) is 60.7 Å². The smallest absolute Gasteiger partial charge is 0.338 e. The second-order valence-electron chi connectivity index (χ2n) is 6.43. The van der Waals surface area contributed by atoms with E-state index in [2.05, 4.69) is 4.98 Å². The van der Waals surface area contributed by atoms with Crippen molar-refractivity contribution in [2.45, 2.75) is 12.8 Å². The number of aromatic amines is 1. The molecule has 3 rings (SSSR count). The number of hydrogen-bond acceptors (Lipinski definition) is 7. The van der Waals surface area contributed by atoms with Gasteiger partial charge in [0.1, 0.15) is 26.0 Å². The Morgan fingerprint density at radius 1 is 0.806 bits per heavy atom. The average molecular weight is 424 g/mol. The highest BCUT2D eigenvalue weighted by Crippen LogP contribution is 2.06. The van der Waals surface area contributed by atoms with Gasteiger partial charge in [-0.15, -0.1) is 0 Å². The van der Waals surface area contributed by atoms with Gasteiger partial charge in [-0.2, -0.15) is 0 Å². The first-order valence-electron chi connectivity index (χ1n) is 9.38. The molecule has 0 fully saturated rings. The van der Waals surface area contributed by atoms with E-state index in [0.29, 0.717) is 11.1 Å². The van der Waals surface area contributed by atoms with Crippen LogP contribution in [0.3, 0.4) is 0 Å². The van der Waals surface area contributed by atoms with E-state index in [0.717, 1.165) is 4.57 Å². The van der Waals surface area contributed by atoms with Crippen molar-refractivity contribution in [1.82, 2.24) is 9.55 Å². The molecule has 1 heterocycles. The van der Waals surface area contributed by atoms with Crippen LogP contribution in [0.25, 0.3) is 0 Å². The normalized spacial score (nSPS) is 10.6. The number of nitrogens with one attached hydrogen (secondary N) is 1. The topological polar surface area (TPSA) is 117 Å². The van der Waals surface area contributed by atoms with E-state index >= 15 is 0 Å². The number of ether oxygens (including phenoxy) is 3. The van der Waals surface area contributed by atoms with E-state index in [1.165, 1.54) is 12.3 Å². The third-order valence-electron chi connectivity index (χ3n) is 4.17. The Morgan fingerprint density at radius 3 is 1.81 bits per heavy atom. The summed E-state index contributed by atoms with van der Waals surface area (Å²) in [5, 5.41) is 0. The van der Waals surface area contributed by atoms with Crippen molar-refractivity contribution in [1.29, 1.82) is 0 Å². The molecule has 0 aliphatic rings. The minimum atomic E-state index is -0.848. The van der Waals surface area contributed by atoms with Gasteiger partial charge in [-0.05, 0) is 24.3 Å². The average Bonchev–Trinajstić information content (AvgIpc) is 2.80. The molecule has 9 nitrogen and oxygen atoms in total. The zero-order valence-electron chi connectivity index (χ0n) is 16.4. The maximum atomic E-state index is 12.2. The molecule has 0 saturated carbocycles. The van der Waals surface area contributed by atoms with Crippen molar-refractivity contribution in [3.8, 4) is 0 Å². The fourth-order valence-electron chi connectivity index (χ4n) is 2.53. The van der Waals surface area contributed by atoms with Crippen LogP contribution in [0.2, 0.25) is 0 Å². The van der Waals surface area contributed by atoms with Gasteiger partial charge in [-0.25, -0.2) is 14.4 Å². The fourth-order valence-corrected chi connectivity index (χ4v) is 2.53. The number of H-pyrrole nitrogens is 1. The summed E-state index contributed by atoms with van der Waals surface area (Å²) in [4.78, 5) is 49.5. The molecule has 0 radical (unpaired) electrons. The minimum Gasteiger partial charge on any atom is -0.459 e. The molecule has 1 N–H and O–H groups in total. The number of rotatable bonds is 9. The zero-order chi connectivity index (χ0) is 22.1. The summed E-state index contributed by atoms with van der Waals surface area (Å²) >= 11 is 0. The number of nitrogens with zero attached hydrogens (tertiary/aromatic N) is 1. The number of benzene rings is 2. The van der Waals surface area contributed by atoms with Gasteiger partial charge >= 0.3 is 17.6 Å². The van der Waals surface area contributed by atoms with Crippen LogP contribution in [0.1, 0.15) is 20.7 Å². The number of esters is 2. The summed E-state index contributed by atoms with van der Waals surface area (Å²) < 4.78 is 17.3. The number of aromatic nitrogens is 2. The van der Waals surface area contributed by atoms with Crippen LogP contribution in [-0.2, 0) is 20.9 Å². The Labute approximate surface area is 176 Å². The first kappa shape index (κ1) is 21.7. The van der Waals surface area contributed by atoms with Crippen molar-refractivity contribution in [2.75, 3.05) is 13.2 Å². The van der Waals surface area contributed by atoms with Crippen molar-refractivity contribution in [2.24, 2.45) is 0 Å². The predicted molar refractivity (Wildman–Crippen MR) is 110 cm³/mol. The van der Waals surface area contributed by atoms with Gasteiger partial charge in [-0.1, -0.05) is 36.4 Å². The molecule has 9 heteroatoms. The van der Waals surface area contributed by atoms with Crippen LogP contribution in [0.4, 0.5) is 0 Å². The largest absolute Gasteiger partial charge is 0.459 e. The first-order valence-corrected chi connectivity index (χ1v) is 9.38. The van der Waals surface area contributed by atoms with Crippen molar-refractivity contribution < 1.29 is 23.8 Å². The Kier molecular flexibility index (Phi) is 7.50. The molecule has 0 saturated heterocycles. The Balaban J connectivity index is 1.63. The number of hydrogen-bond donors (Lipinski definition) is 1. The molecule has 160 valence electrons. The highest BCUT2D eigenvalue weighted by Gasteiger charge is 2.17. The van der Waals surface area contributed by atoms with Crippen LogP contribution in [0.15, 0.2) is 82.5 Å². The zero-order valence-corrected chi connectivity index (χ0v) is 16.4. The lowest BCUT2D eigenvalue weighted by atomic mass is 10.2. The molecule has 0 aliphatic heterocycles. The van der Waals surface area contributed by atoms with Crippen LogP contribution < -0.4 is 11.2 Å². The molecule has 0 spiro atoms. The molecule has 0 bridgehead atoms. The monoisotopic (exact) mass is 424 g/mol. The van der Waals surface area contributed by atoms with Gasteiger partial charge in [0, 0.05) is 12.3 Å². The molecule has 1 aromatic heterocycles. The molecule has 2 aromatic carbocycles. The van der Waals surface area contributed by atoms with Gasteiger partial charge in [-0.3, -0.25) is 14.3 Å². The summed E-state index contributed by atoms with van der Waals surface area (Å²) in [6, 6.07) is 17.9. The van der Waals surface area contributed by atoms with Crippen molar-refractivity contribution in [3.63, 3.8) is 0 Å². The van der Waals surface area contributed by atoms with Gasteiger partial charge in [0.15, 0.2) is 0 Å². The summed E-state index contributed by atoms with van der Waals surface area (Å²) in [6.07, 6.45) is 0.420. The third kappa shape index (κ3) is 6.51. The third-order valence-corrected chi connectivity index (χ3v) is 4.17. The number of carbonyl (C=O) groups is 2. The maximum absolute atomic E-state index is 12.2. The predicted octanol–water partition coefficient (Wildman–Crippen LogP) is 1.59. The standard InChI is InChI=1S/C22H20N2O7/c25-19-11-12-24(22(28)23-19)15-31-18(13-29-20(26)16-7-3-1-4-8-16)14-30-21(27)17-9-5-2-6-10-17/h1-12,18H,13-15H2,(H,23,25,28). The van der Waals surface area contributed by atoms with Crippen molar-refractivity contribution in [3.05, 3.63) is 105 Å². The molecule has 0 unspecified atom stereocenters. The lowest BCUT2D eigenvalue weighted by Gasteiger charge is -2.18. The molecule has 0 aliphatic carbocycles. The summed E-state index contributed by atoms with van der Waals surface area (Å²) in [7, 11) is 0. The SMILES string of the molecule is O=C(OCC(COC(=O)c1ccccc1)OCn1ccc(=O)[nH]c1=O)c1ccccc1.